The highest BCUT2D eigenvalue weighted by atomic mass is 16.1. The fourth-order valence-corrected chi connectivity index (χ4v) is 2.64. The number of hydrogen-bond donors (Lipinski definition) is 2. The van der Waals surface area contributed by atoms with Crippen molar-refractivity contribution >= 4 is 11.6 Å². The molecule has 0 aromatic heterocycles. The van der Waals surface area contributed by atoms with Crippen LogP contribution in [0.5, 0.6) is 0 Å². The maximum atomic E-state index is 11.0. The maximum absolute atomic E-state index is 11.0. The first kappa shape index (κ1) is 11.5. The Kier molecular flexibility index (Phi) is 2.96. The molecule has 1 aromatic carbocycles. The van der Waals surface area contributed by atoms with Gasteiger partial charge in [-0.15, -0.1) is 0 Å². The molecule has 1 aliphatic heterocycles. The molecule has 3 rings (SSSR count). The first-order valence-corrected chi connectivity index (χ1v) is 6.63. The average Bonchev–Trinajstić information content (AvgIpc) is 3.11. The monoisotopic (exact) mass is 245 g/mol. The Morgan fingerprint density at radius 2 is 1.94 bits per heavy atom. The molecule has 0 bridgehead atoms. The summed E-state index contributed by atoms with van der Waals surface area (Å²) in [4.78, 5) is 13.6. The molecule has 1 amide bonds. The van der Waals surface area contributed by atoms with Gasteiger partial charge in [0, 0.05) is 36.4 Å². The zero-order chi connectivity index (χ0) is 12.5. The second-order valence-electron chi connectivity index (χ2n) is 5.30. The van der Waals surface area contributed by atoms with Gasteiger partial charge in [0.1, 0.15) is 0 Å². The van der Waals surface area contributed by atoms with Gasteiger partial charge in [-0.25, -0.2) is 0 Å². The van der Waals surface area contributed by atoms with Crippen molar-refractivity contribution < 1.29 is 4.79 Å². The number of nitrogens with zero attached hydrogens (tertiary/aromatic N) is 1. The number of benzene rings is 1. The van der Waals surface area contributed by atoms with Crippen LogP contribution in [0.2, 0.25) is 0 Å². The number of amides is 1. The predicted octanol–water partition coefficient (Wildman–Crippen LogP) is 1.43. The molecule has 18 heavy (non-hydrogen) atoms. The molecule has 1 unspecified atom stereocenters. The highest BCUT2D eigenvalue weighted by molar-refractivity contribution is 5.93. The van der Waals surface area contributed by atoms with Crippen LogP contribution in [0.15, 0.2) is 24.3 Å². The summed E-state index contributed by atoms with van der Waals surface area (Å²) in [5.74, 6) is -0.373. The first-order chi connectivity index (χ1) is 8.72. The SMILES string of the molecule is NC(=O)c1ccc(NC2CCN(C3CC3)C2)cc1. The van der Waals surface area contributed by atoms with E-state index in [1.807, 2.05) is 12.1 Å². The minimum atomic E-state index is -0.373. The lowest BCUT2D eigenvalue weighted by atomic mass is 10.2. The number of anilines is 1. The van der Waals surface area contributed by atoms with E-state index in [9.17, 15) is 4.79 Å². The van der Waals surface area contributed by atoms with E-state index < -0.39 is 0 Å². The Hall–Kier alpha value is -1.55. The molecule has 1 heterocycles. The lowest BCUT2D eigenvalue weighted by Gasteiger charge is -2.16. The van der Waals surface area contributed by atoms with Crippen molar-refractivity contribution in [3.8, 4) is 0 Å². The zero-order valence-electron chi connectivity index (χ0n) is 10.4. The van der Waals surface area contributed by atoms with Crippen molar-refractivity contribution in [2.24, 2.45) is 5.73 Å². The average molecular weight is 245 g/mol. The summed E-state index contributed by atoms with van der Waals surface area (Å²) in [5.41, 5.74) is 6.85. The summed E-state index contributed by atoms with van der Waals surface area (Å²) >= 11 is 0. The second kappa shape index (κ2) is 4.61. The third kappa shape index (κ3) is 2.48. The number of hydrogen-bond acceptors (Lipinski definition) is 3. The molecule has 3 N–H and O–H groups in total. The second-order valence-corrected chi connectivity index (χ2v) is 5.30. The molecule has 0 radical (unpaired) electrons. The minimum Gasteiger partial charge on any atom is -0.381 e. The number of likely N-dealkylation sites (tertiary alicyclic amines) is 1. The van der Waals surface area contributed by atoms with Gasteiger partial charge in [0.05, 0.1) is 0 Å². The quantitative estimate of drug-likeness (QED) is 0.843. The first-order valence-electron chi connectivity index (χ1n) is 6.63. The molecule has 0 spiro atoms. The van der Waals surface area contributed by atoms with Crippen LogP contribution in [-0.2, 0) is 0 Å². The summed E-state index contributed by atoms with van der Waals surface area (Å²) in [6, 6.07) is 8.80. The summed E-state index contributed by atoms with van der Waals surface area (Å²) in [6.45, 7) is 2.35. The summed E-state index contributed by atoms with van der Waals surface area (Å²) < 4.78 is 0. The summed E-state index contributed by atoms with van der Waals surface area (Å²) in [7, 11) is 0. The van der Waals surface area contributed by atoms with Crippen molar-refractivity contribution in [3.05, 3.63) is 29.8 Å². The Morgan fingerprint density at radius 3 is 2.56 bits per heavy atom. The van der Waals surface area contributed by atoms with Crippen molar-refractivity contribution in [3.63, 3.8) is 0 Å². The van der Waals surface area contributed by atoms with Crippen molar-refractivity contribution in [2.75, 3.05) is 18.4 Å². The number of primary amides is 1. The molecule has 1 aromatic rings. The topological polar surface area (TPSA) is 58.4 Å². The summed E-state index contributed by atoms with van der Waals surface area (Å²) in [6.07, 6.45) is 3.95. The van der Waals surface area contributed by atoms with Crippen LogP contribution < -0.4 is 11.1 Å². The zero-order valence-corrected chi connectivity index (χ0v) is 10.4. The van der Waals surface area contributed by atoms with Crippen molar-refractivity contribution in [1.29, 1.82) is 0 Å². The van der Waals surface area contributed by atoms with Gasteiger partial charge in [-0.3, -0.25) is 9.69 Å². The van der Waals surface area contributed by atoms with Crippen LogP contribution in [0.1, 0.15) is 29.6 Å². The molecule has 96 valence electrons. The number of rotatable bonds is 4. The molecule has 4 nitrogen and oxygen atoms in total. The lowest BCUT2D eigenvalue weighted by molar-refractivity contribution is 0.100. The molecule has 1 saturated heterocycles. The standard InChI is InChI=1S/C14H19N3O/c15-14(18)10-1-3-11(4-2-10)16-12-7-8-17(9-12)13-5-6-13/h1-4,12-13,16H,5-9H2,(H2,15,18). The fourth-order valence-electron chi connectivity index (χ4n) is 2.64. The van der Waals surface area contributed by atoms with Crippen LogP contribution in [0, 0.1) is 0 Å². The van der Waals surface area contributed by atoms with Gasteiger partial charge in [-0.05, 0) is 43.5 Å². The lowest BCUT2D eigenvalue weighted by Crippen LogP contribution is -2.27. The maximum Gasteiger partial charge on any atom is 0.248 e. The Bertz CT molecular complexity index is 439. The molecular formula is C14H19N3O. The Morgan fingerprint density at radius 1 is 1.22 bits per heavy atom. The van der Waals surface area contributed by atoms with Crippen molar-refractivity contribution in [2.45, 2.75) is 31.3 Å². The van der Waals surface area contributed by atoms with Crippen LogP contribution in [0.25, 0.3) is 0 Å². The summed E-state index contributed by atoms with van der Waals surface area (Å²) in [5, 5.41) is 3.53. The van der Waals surface area contributed by atoms with E-state index in [4.69, 9.17) is 5.73 Å². The Labute approximate surface area is 107 Å². The number of nitrogens with one attached hydrogen (secondary N) is 1. The van der Waals surface area contributed by atoms with E-state index in [0.717, 1.165) is 18.3 Å². The Balaban J connectivity index is 1.57. The van der Waals surface area contributed by atoms with Gasteiger partial charge in [0.2, 0.25) is 5.91 Å². The molecule has 1 aliphatic carbocycles. The molecule has 4 heteroatoms. The van der Waals surface area contributed by atoms with Gasteiger partial charge in [0.25, 0.3) is 0 Å². The smallest absolute Gasteiger partial charge is 0.248 e. The van der Waals surface area contributed by atoms with Gasteiger partial charge >= 0.3 is 0 Å². The molecular weight excluding hydrogens is 226 g/mol. The fraction of sp³-hybridized carbons (Fsp3) is 0.500. The van der Waals surface area contributed by atoms with E-state index in [0.29, 0.717) is 11.6 Å². The highest BCUT2D eigenvalue weighted by Gasteiger charge is 2.34. The van der Waals surface area contributed by atoms with E-state index in [1.165, 1.54) is 25.8 Å². The van der Waals surface area contributed by atoms with E-state index in [2.05, 4.69) is 10.2 Å². The number of nitrogens with two attached hydrogens (primary N) is 1. The largest absolute Gasteiger partial charge is 0.381 e. The normalized spacial score (nSPS) is 24.1. The predicted molar refractivity (Wildman–Crippen MR) is 71.6 cm³/mol. The van der Waals surface area contributed by atoms with Gasteiger partial charge in [-0.2, -0.15) is 0 Å². The van der Waals surface area contributed by atoms with Crippen molar-refractivity contribution in [1.82, 2.24) is 4.90 Å². The molecule has 1 saturated carbocycles. The molecule has 2 aliphatic rings. The number of carbonyl (C=O) groups is 1. The van der Waals surface area contributed by atoms with Crippen LogP contribution in [0.3, 0.4) is 0 Å². The molecule has 2 fully saturated rings. The van der Waals surface area contributed by atoms with Crippen LogP contribution >= 0.6 is 0 Å². The third-order valence-electron chi connectivity index (χ3n) is 3.82. The van der Waals surface area contributed by atoms with Crippen LogP contribution in [0.4, 0.5) is 5.69 Å². The van der Waals surface area contributed by atoms with E-state index >= 15 is 0 Å². The molecule has 1 atom stereocenters. The van der Waals surface area contributed by atoms with Gasteiger partial charge in [0.15, 0.2) is 0 Å². The number of carbonyl (C=O) groups excluding carboxylic acids is 1. The third-order valence-corrected chi connectivity index (χ3v) is 3.82. The van der Waals surface area contributed by atoms with Gasteiger partial charge in [-0.1, -0.05) is 0 Å². The highest BCUT2D eigenvalue weighted by Crippen LogP contribution is 2.30. The van der Waals surface area contributed by atoms with E-state index in [-0.39, 0.29) is 5.91 Å². The van der Waals surface area contributed by atoms with Crippen LogP contribution in [-0.4, -0.2) is 36.0 Å². The van der Waals surface area contributed by atoms with Gasteiger partial charge < -0.3 is 11.1 Å². The van der Waals surface area contributed by atoms with E-state index in [1.54, 1.807) is 12.1 Å². The minimum absolute atomic E-state index is 0.373.